The monoisotopic (exact) mass is 296 g/mol. The molecule has 0 atom stereocenters. The highest BCUT2D eigenvalue weighted by molar-refractivity contribution is 6.35. The zero-order chi connectivity index (χ0) is 13.4. The van der Waals surface area contributed by atoms with Crippen LogP contribution in [0.1, 0.15) is 30.5 Å². The van der Waals surface area contributed by atoms with E-state index in [1.54, 1.807) is 18.2 Å². The molecule has 0 aliphatic heterocycles. The van der Waals surface area contributed by atoms with E-state index in [1.807, 2.05) is 0 Å². The number of benzene rings is 1. The van der Waals surface area contributed by atoms with Gasteiger partial charge in [-0.1, -0.05) is 29.6 Å². The number of aromatic nitrogens is 2. The summed E-state index contributed by atoms with van der Waals surface area (Å²) in [4.78, 5) is 12.4. The molecule has 0 spiro atoms. The minimum absolute atomic E-state index is 0.0149. The number of halogens is 2. The second kappa shape index (κ2) is 5.06. The summed E-state index contributed by atoms with van der Waals surface area (Å²) in [7, 11) is 0. The van der Waals surface area contributed by atoms with E-state index in [4.69, 9.17) is 23.2 Å². The van der Waals surface area contributed by atoms with E-state index in [2.05, 4.69) is 5.10 Å². The molecule has 0 radical (unpaired) electrons. The third-order valence-corrected chi connectivity index (χ3v) is 4.11. The van der Waals surface area contributed by atoms with Crippen molar-refractivity contribution in [1.82, 2.24) is 9.78 Å². The van der Waals surface area contributed by atoms with Crippen LogP contribution in [-0.2, 0) is 12.8 Å². The van der Waals surface area contributed by atoms with Crippen molar-refractivity contribution in [3.63, 3.8) is 0 Å². The first-order valence-electron chi connectivity index (χ1n) is 6.45. The van der Waals surface area contributed by atoms with Crippen LogP contribution in [0, 0.1) is 0 Å². The third kappa shape index (κ3) is 2.33. The van der Waals surface area contributed by atoms with Crippen molar-refractivity contribution in [1.29, 1.82) is 0 Å². The molecule has 0 saturated heterocycles. The van der Waals surface area contributed by atoms with Gasteiger partial charge in [0.25, 0.3) is 5.56 Å². The number of aryl methyl sites for hydroxylation is 1. The second-order valence-corrected chi connectivity index (χ2v) is 5.71. The van der Waals surface area contributed by atoms with Crippen LogP contribution in [-0.4, -0.2) is 9.78 Å². The molecule has 0 unspecified atom stereocenters. The van der Waals surface area contributed by atoms with Crippen molar-refractivity contribution in [3.05, 3.63) is 49.9 Å². The molecule has 1 aromatic heterocycles. The molecule has 1 aliphatic carbocycles. The van der Waals surface area contributed by atoms with Crippen molar-refractivity contribution in [2.45, 2.75) is 32.1 Å². The lowest BCUT2D eigenvalue weighted by Gasteiger charge is -2.05. The van der Waals surface area contributed by atoms with E-state index in [0.29, 0.717) is 15.7 Å². The lowest BCUT2D eigenvalue weighted by Crippen LogP contribution is -2.17. The molecule has 100 valence electrons. The highest BCUT2D eigenvalue weighted by Crippen LogP contribution is 2.24. The van der Waals surface area contributed by atoms with Gasteiger partial charge in [-0.2, -0.15) is 0 Å². The Bertz CT molecular complexity index is 673. The van der Waals surface area contributed by atoms with Gasteiger partial charge in [-0.15, -0.1) is 0 Å². The Morgan fingerprint density at radius 2 is 1.89 bits per heavy atom. The zero-order valence-electron chi connectivity index (χ0n) is 10.4. The summed E-state index contributed by atoms with van der Waals surface area (Å²) in [5, 5.41) is 4.24. The molecule has 2 aromatic rings. The quantitative estimate of drug-likeness (QED) is 0.800. The van der Waals surface area contributed by atoms with Crippen LogP contribution >= 0.6 is 23.2 Å². The standard InChI is InChI=1S/C14H14Cl2N2O/c15-9-6-7-13(11(16)8-9)18-14(19)10-4-2-1-3-5-12(10)17-18/h6-8,17H,1-5H2. The van der Waals surface area contributed by atoms with Gasteiger partial charge in [0.1, 0.15) is 0 Å². The van der Waals surface area contributed by atoms with Crippen molar-refractivity contribution >= 4 is 23.2 Å². The molecule has 3 rings (SSSR count). The molecular formula is C14H14Cl2N2O. The Hall–Kier alpha value is -1.19. The van der Waals surface area contributed by atoms with Gasteiger partial charge in [0, 0.05) is 16.3 Å². The fraction of sp³-hybridized carbons (Fsp3) is 0.357. The number of hydrogen-bond donors (Lipinski definition) is 1. The predicted molar refractivity (Wildman–Crippen MR) is 77.7 cm³/mol. The third-order valence-electron chi connectivity index (χ3n) is 3.58. The lowest BCUT2D eigenvalue weighted by molar-refractivity contribution is 0.690. The van der Waals surface area contributed by atoms with Gasteiger partial charge in [-0.05, 0) is 43.9 Å². The molecule has 19 heavy (non-hydrogen) atoms. The van der Waals surface area contributed by atoms with Crippen LogP contribution in [0.4, 0.5) is 0 Å². The summed E-state index contributed by atoms with van der Waals surface area (Å²) in [5.74, 6) is 0. The SMILES string of the molecule is O=c1c2c([nH]n1-c1ccc(Cl)cc1Cl)CCCCC2. The largest absolute Gasteiger partial charge is 0.295 e. The van der Waals surface area contributed by atoms with Gasteiger partial charge >= 0.3 is 0 Å². The average Bonchev–Trinajstić information content (AvgIpc) is 2.57. The van der Waals surface area contributed by atoms with Crippen molar-refractivity contribution in [3.8, 4) is 5.69 Å². The van der Waals surface area contributed by atoms with Crippen molar-refractivity contribution in [2.24, 2.45) is 0 Å². The maximum absolute atomic E-state index is 12.4. The highest BCUT2D eigenvalue weighted by Gasteiger charge is 2.18. The minimum atomic E-state index is 0.0149. The Morgan fingerprint density at radius 3 is 2.68 bits per heavy atom. The summed E-state index contributed by atoms with van der Waals surface area (Å²) in [6.45, 7) is 0. The predicted octanol–water partition coefficient (Wildman–Crippen LogP) is 3.74. The molecular weight excluding hydrogens is 283 g/mol. The molecule has 1 aromatic carbocycles. The molecule has 3 nitrogen and oxygen atoms in total. The first-order valence-corrected chi connectivity index (χ1v) is 7.20. The number of nitrogens with one attached hydrogen (secondary N) is 1. The first kappa shape index (κ1) is 12.8. The van der Waals surface area contributed by atoms with Crippen LogP contribution in [0.3, 0.4) is 0 Å². The topological polar surface area (TPSA) is 37.8 Å². The summed E-state index contributed by atoms with van der Waals surface area (Å²) >= 11 is 12.1. The molecule has 1 heterocycles. The van der Waals surface area contributed by atoms with E-state index in [0.717, 1.165) is 36.9 Å². The van der Waals surface area contributed by atoms with Crippen LogP contribution in [0.15, 0.2) is 23.0 Å². The van der Waals surface area contributed by atoms with E-state index in [9.17, 15) is 4.79 Å². The number of rotatable bonds is 1. The molecule has 1 N–H and O–H groups in total. The minimum Gasteiger partial charge on any atom is -0.295 e. The van der Waals surface area contributed by atoms with Crippen LogP contribution in [0.5, 0.6) is 0 Å². The molecule has 0 fully saturated rings. The normalized spacial score (nSPS) is 15.1. The summed E-state index contributed by atoms with van der Waals surface area (Å²) in [6.07, 6.45) is 5.17. The highest BCUT2D eigenvalue weighted by atomic mass is 35.5. The van der Waals surface area contributed by atoms with E-state index >= 15 is 0 Å². The summed E-state index contributed by atoms with van der Waals surface area (Å²) in [6, 6.07) is 5.15. The maximum Gasteiger partial charge on any atom is 0.274 e. The Labute approximate surface area is 121 Å². The average molecular weight is 297 g/mol. The van der Waals surface area contributed by atoms with E-state index in [-0.39, 0.29) is 5.56 Å². The second-order valence-electron chi connectivity index (χ2n) is 4.87. The Balaban J connectivity index is 2.13. The smallest absolute Gasteiger partial charge is 0.274 e. The molecule has 1 aliphatic rings. The van der Waals surface area contributed by atoms with Gasteiger partial charge in [-0.25, -0.2) is 4.68 Å². The Kier molecular flexibility index (Phi) is 3.42. The van der Waals surface area contributed by atoms with Gasteiger partial charge < -0.3 is 0 Å². The molecule has 0 saturated carbocycles. The number of nitrogens with zero attached hydrogens (tertiary/aromatic N) is 1. The van der Waals surface area contributed by atoms with Gasteiger partial charge in [-0.3, -0.25) is 9.89 Å². The molecule has 0 amide bonds. The summed E-state index contributed by atoms with van der Waals surface area (Å²) in [5.41, 5.74) is 2.63. The number of hydrogen-bond acceptors (Lipinski definition) is 1. The molecule has 5 heteroatoms. The number of H-pyrrole nitrogens is 1. The van der Waals surface area contributed by atoms with Crippen LogP contribution in [0.25, 0.3) is 5.69 Å². The molecule has 0 bridgehead atoms. The van der Waals surface area contributed by atoms with E-state index in [1.165, 1.54) is 11.1 Å². The fourth-order valence-electron chi connectivity index (χ4n) is 2.59. The van der Waals surface area contributed by atoms with Gasteiger partial charge in [0.15, 0.2) is 0 Å². The Morgan fingerprint density at radius 1 is 1.11 bits per heavy atom. The zero-order valence-corrected chi connectivity index (χ0v) is 11.9. The van der Waals surface area contributed by atoms with Crippen LogP contribution in [0.2, 0.25) is 10.0 Å². The first-order chi connectivity index (χ1) is 9.16. The van der Waals surface area contributed by atoms with Crippen molar-refractivity contribution in [2.75, 3.05) is 0 Å². The van der Waals surface area contributed by atoms with Gasteiger partial charge in [0.05, 0.1) is 10.7 Å². The summed E-state index contributed by atoms with van der Waals surface area (Å²) < 4.78 is 1.54. The van der Waals surface area contributed by atoms with Crippen LogP contribution < -0.4 is 5.56 Å². The van der Waals surface area contributed by atoms with Gasteiger partial charge in [0.2, 0.25) is 0 Å². The van der Waals surface area contributed by atoms with Crippen molar-refractivity contribution < 1.29 is 0 Å². The fourth-order valence-corrected chi connectivity index (χ4v) is 3.09. The van der Waals surface area contributed by atoms with E-state index < -0.39 is 0 Å². The maximum atomic E-state index is 12.4. The lowest BCUT2D eigenvalue weighted by atomic mass is 10.1. The number of aromatic amines is 1. The number of fused-ring (bicyclic) bond motifs is 1.